The van der Waals surface area contributed by atoms with E-state index in [-0.39, 0.29) is 0 Å². The maximum absolute atomic E-state index is 5.13. The molecule has 0 aliphatic carbocycles. The second kappa shape index (κ2) is 3.38. The summed E-state index contributed by atoms with van der Waals surface area (Å²) in [6, 6.07) is 0.743. The van der Waals surface area contributed by atoms with Crippen molar-refractivity contribution >= 4 is 5.71 Å². The Kier molecular flexibility index (Phi) is 2.22. The van der Waals surface area contributed by atoms with Crippen LogP contribution in [0, 0.1) is 0 Å². The van der Waals surface area contributed by atoms with Crippen molar-refractivity contribution in [3.8, 4) is 0 Å². The molecule has 2 atom stereocenters. The Morgan fingerprint density at radius 1 is 1.62 bits per heavy atom. The standard InChI is InChI=1S/C9H15N3O/c1-6-3-8(12-6)7-4-9(13-2)11-5-10-7/h4,7-8,10-11H,3,5H2,1-2H3. The highest BCUT2D eigenvalue weighted by Gasteiger charge is 2.27. The number of methoxy groups -OCH3 is 1. The van der Waals surface area contributed by atoms with Crippen molar-refractivity contribution in [2.75, 3.05) is 13.8 Å². The molecule has 2 aliphatic rings. The molecule has 0 fully saturated rings. The molecule has 72 valence electrons. The number of hydrogen-bond donors (Lipinski definition) is 2. The summed E-state index contributed by atoms with van der Waals surface area (Å²) in [6.45, 7) is 2.83. The predicted molar refractivity (Wildman–Crippen MR) is 51.5 cm³/mol. The van der Waals surface area contributed by atoms with Gasteiger partial charge < -0.3 is 10.1 Å². The van der Waals surface area contributed by atoms with Crippen LogP contribution < -0.4 is 10.6 Å². The van der Waals surface area contributed by atoms with Crippen molar-refractivity contribution in [1.29, 1.82) is 0 Å². The van der Waals surface area contributed by atoms with Gasteiger partial charge in [0.25, 0.3) is 0 Å². The van der Waals surface area contributed by atoms with Gasteiger partial charge in [0.15, 0.2) is 5.88 Å². The van der Waals surface area contributed by atoms with Crippen LogP contribution in [0.3, 0.4) is 0 Å². The summed E-state index contributed by atoms with van der Waals surface area (Å²) >= 11 is 0. The smallest absolute Gasteiger partial charge is 0.184 e. The highest BCUT2D eigenvalue weighted by molar-refractivity contribution is 5.87. The molecule has 0 aromatic heterocycles. The summed E-state index contributed by atoms with van der Waals surface area (Å²) < 4.78 is 5.13. The van der Waals surface area contributed by atoms with Gasteiger partial charge in [0.2, 0.25) is 0 Å². The Bertz CT molecular complexity index is 260. The molecule has 0 aromatic rings. The third-order valence-electron chi connectivity index (χ3n) is 2.46. The van der Waals surface area contributed by atoms with E-state index >= 15 is 0 Å². The monoisotopic (exact) mass is 181 g/mol. The molecular weight excluding hydrogens is 166 g/mol. The quantitative estimate of drug-likeness (QED) is 0.641. The first kappa shape index (κ1) is 8.56. The molecule has 2 heterocycles. The Labute approximate surface area is 78.1 Å². The van der Waals surface area contributed by atoms with Crippen LogP contribution in [0.4, 0.5) is 0 Å². The number of nitrogens with one attached hydrogen (secondary N) is 2. The molecule has 4 heteroatoms. The Morgan fingerprint density at radius 3 is 3.00 bits per heavy atom. The van der Waals surface area contributed by atoms with E-state index in [9.17, 15) is 0 Å². The maximum atomic E-state index is 5.13. The van der Waals surface area contributed by atoms with Crippen molar-refractivity contribution in [2.45, 2.75) is 25.4 Å². The lowest BCUT2D eigenvalue weighted by Gasteiger charge is -2.32. The third kappa shape index (κ3) is 1.67. The first-order valence-corrected chi connectivity index (χ1v) is 4.56. The molecule has 2 aliphatic heterocycles. The van der Waals surface area contributed by atoms with E-state index in [1.54, 1.807) is 7.11 Å². The summed E-state index contributed by atoms with van der Waals surface area (Å²) in [5.74, 6) is 0.850. The lowest BCUT2D eigenvalue weighted by atomic mass is 9.96. The van der Waals surface area contributed by atoms with Gasteiger partial charge in [-0.25, -0.2) is 0 Å². The van der Waals surface area contributed by atoms with E-state index in [0.717, 1.165) is 19.0 Å². The Morgan fingerprint density at radius 2 is 2.38 bits per heavy atom. The van der Waals surface area contributed by atoms with Gasteiger partial charge in [-0.1, -0.05) is 0 Å². The van der Waals surface area contributed by atoms with Crippen molar-refractivity contribution < 1.29 is 4.74 Å². The highest BCUT2D eigenvalue weighted by Crippen LogP contribution is 2.18. The first-order valence-electron chi connectivity index (χ1n) is 4.56. The maximum Gasteiger partial charge on any atom is 0.184 e. The van der Waals surface area contributed by atoms with Crippen molar-refractivity contribution in [2.24, 2.45) is 4.99 Å². The van der Waals surface area contributed by atoms with Crippen molar-refractivity contribution in [3.05, 3.63) is 12.0 Å². The average molecular weight is 181 g/mol. The summed E-state index contributed by atoms with van der Waals surface area (Å²) in [5, 5.41) is 6.42. The molecule has 0 bridgehead atoms. The highest BCUT2D eigenvalue weighted by atomic mass is 16.5. The molecule has 2 rings (SSSR count). The van der Waals surface area contributed by atoms with Gasteiger partial charge in [0.1, 0.15) is 0 Å². The molecule has 2 N–H and O–H groups in total. The molecule has 2 unspecified atom stereocenters. The molecular formula is C9H15N3O. The van der Waals surface area contributed by atoms with E-state index in [2.05, 4.69) is 28.6 Å². The van der Waals surface area contributed by atoms with Gasteiger partial charge in [-0.05, 0) is 13.0 Å². The summed E-state index contributed by atoms with van der Waals surface area (Å²) in [5.41, 5.74) is 1.25. The van der Waals surface area contributed by atoms with Crippen LogP contribution in [-0.4, -0.2) is 31.6 Å². The van der Waals surface area contributed by atoms with Gasteiger partial charge in [0, 0.05) is 12.1 Å². The minimum atomic E-state index is 0.333. The number of nitrogens with zero attached hydrogens (tertiary/aromatic N) is 1. The molecule has 0 saturated carbocycles. The summed E-state index contributed by atoms with van der Waals surface area (Å²) in [6.07, 6.45) is 3.16. The lowest BCUT2D eigenvalue weighted by molar-refractivity contribution is 0.239. The van der Waals surface area contributed by atoms with Crippen molar-refractivity contribution in [3.63, 3.8) is 0 Å². The van der Waals surface area contributed by atoms with Gasteiger partial charge in [-0.2, -0.15) is 0 Å². The number of ether oxygens (including phenoxy) is 1. The van der Waals surface area contributed by atoms with E-state index in [0.29, 0.717) is 12.1 Å². The number of aliphatic imine (C=N–C) groups is 1. The molecule has 0 radical (unpaired) electrons. The second-order valence-electron chi connectivity index (χ2n) is 3.45. The van der Waals surface area contributed by atoms with Gasteiger partial charge >= 0.3 is 0 Å². The lowest BCUT2D eigenvalue weighted by Crippen LogP contribution is -2.49. The Balaban J connectivity index is 2.00. The van der Waals surface area contributed by atoms with Crippen LogP contribution in [0.25, 0.3) is 0 Å². The molecule has 4 nitrogen and oxygen atoms in total. The zero-order chi connectivity index (χ0) is 9.26. The zero-order valence-electron chi connectivity index (χ0n) is 8.00. The second-order valence-corrected chi connectivity index (χ2v) is 3.45. The zero-order valence-corrected chi connectivity index (χ0v) is 8.00. The normalized spacial score (nSPS) is 32.5. The minimum Gasteiger partial charge on any atom is -0.483 e. The largest absolute Gasteiger partial charge is 0.483 e. The van der Waals surface area contributed by atoms with Gasteiger partial charge in [-0.3, -0.25) is 10.3 Å². The molecule has 0 saturated heterocycles. The molecule has 0 amide bonds. The van der Waals surface area contributed by atoms with Gasteiger partial charge in [-0.15, -0.1) is 0 Å². The fourth-order valence-corrected chi connectivity index (χ4v) is 1.70. The number of rotatable bonds is 2. The topological polar surface area (TPSA) is 45.6 Å². The van der Waals surface area contributed by atoms with Crippen LogP contribution in [0.5, 0.6) is 0 Å². The van der Waals surface area contributed by atoms with Crippen molar-refractivity contribution in [1.82, 2.24) is 10.6 Å². The van der Waals surface area contributed by atoms with E-state index in [1.165, 1.54) is 5.71 Å². The van der Waals surface area contributed by atoms with Crippen LogP contribution in [0.1, 0.15) is 13.3 Å². The van der Waals surface area contributed by atoms with E-state index in [1.807, 2.05) is 0 Å². The van der Waals surface area contributed by atoms with Crippen LogP contribution in [0.2, 0.25) is 0 Å². The third-order valence-corrected chi connectivity index (χ3v) is 2.46. The summed E-state index contributed by atoms with van der Waals surface area (Å²) in [7, 11) is 1.68. The van der Waals surface area contributed by atoms with Crippen LogP contribution in [-0.2, 0) is 4.74 Å². The Hall–Kier alpha value is -1.03. The predicted octanol–water partition coefficient (Wildman–Crippen LogP) is 0.226. The number of hydrogen-bond acceptors (Lipinski definition) is 4. The fraction of sp³-hybridized carbons (Fsp3) is 0.667. The SMILES string of the molecule is COC1=CC(C2CC(C)=N2)NCN1. The molecule has 0 spiro atoms. The van der Waals surface area contributed by atoms with Gasteiger partial charge in [0.05, 0.1) is 25.9 Å². The minimum absolute atomic E-state index is 0.333. The molecule has 0 aromatic carbocycles. The first-order chi connectivity index (χ1) is 6.29. The van der Waals surface area contributed by atoms with Crippen LogP contribution in [0.15, 0.2) is 17.0 Å². The molecule has 13 heavy (non-hydrogen) atoms. The average Bonchev–Trinajstić information content (AvgIpc) is 2.13. The van der Waals surface area contributed by atoms with E-state index in [4.69, 9.17) is 4.74 Å². The van der Waals surface area contributed by atoms with Crippen LogP contribution >= 0.6 is 0 Å². The summed E-state index contributed by atoms with van der Waals surface area (Å²) in [4.78, 5) is 4.44. The fourth-order valence-electron chi connectivity index (χ4n) is 1.70. The van der Waals surface area contributed by atoms with E-state index < -0.39 is 0 Å².